The first-order chi connectivity index (χ1) is 21.2. The highest BCUT2D eigenvalue weighted by atomic mass is 19.4. The summed E-state index contributed by atoms with van der Waals surface area (Å²) in [5.41, 5.74) is 6.82. The average molecular weight is 645 g/mol. The molecule has 0 aliphatic heterocycles. The third-order valence-corrected chi connectivity index (χ3v) is 8.14. The second-order valence-corrected chi connectivity index (χ2v) is 11.6. The van der Waals surface area contributed by atoms with Crippen LogP contribution in [-0.2, 0) is 4.79 Å². The molecule has 3 aromatic heterocycles. The molecule has 3 aromatic rings. The summed E-state index contributed by atoms with van der Waals surface area (Å²) >= 11 is 0. The van der Waals surface area contributed by atoms with Gasteiger partial charge in [0.2, 0.25) is 17.7 Å². The molecule has 2 amide bonds. The van der Waals surface area contributed by atoms with E-state index in [9.17, 15) is 40.3 Å². The number of alkyl halides is 7. The van der Waals surface area contributed by atoms with Crippen LogP contribution < -0.4 is 15.8 Å². The number of amides is 2. The van der Waals surface area contributed by atoms with E-state index in [-0.39, 0.29) is 35.9 Å². The van der Waals surface area contributed by atoms with Gasteiger partial charge in [-0.3, -0.25) is 9.59 Å². The number of fused-ring (bicyclic) bond motifs is 1. The second-order valence-electron chi connectivity index (χ2n) is 11.6. The minimum absolute atomic E-state index is 0.0187. The lowest BCUT2D eigenvalue weighted by Gasteiger charge is -2.33. The molecule has 45 heavy (non-hydrogen) atoms. The fraction of sp³-hybridized carbons (Fsp3) is 0.552. The SMILES string of the molecule is NC(=O)c1nc(OCC(F)F)ccc1[C@@H](c1cn2ncc([C@H](NC(=O)CCC(F)(F)F)C3CC3)cc2n1)C1CCC(F)(F)CC1. The van der Waals surface area contributed by atoms with E-state index in [0.29, 0.717) is 16.9 Å². The van der Waals surface area contributed by atoms with Crippen molar-refractivity contribution in [1.82, 2.24) is 24.9 Å². The van der Waals surface area contributed by atoms with Crippen LogP contribution in [0, 0.1) is 11.8 Å². The van der Waals surface area contributed by atoms with Gasteiger partial charge < -0.3 is 15.8 Å². The van der Waals surface area contributed by atoms with Crippen LogP contribution in [0.15, 0.2) is 30.6 Å². The first-order valence-electron chi connectivity index (χ1n) is 14.5. The lowest BCUT2D eigenvalue weighted by Crippen LogP contribution is -2.30. The summed E-state index contributed by atoms with van der Waals surface area (Å²) in [5, 5.41) is 7.07. The quantitative estimate of drug-likeness (QED) is 0.243. The molecule has 0 spiro atoms. The van der Waals surface area contributed by atoms with Gasteiger partial charge in [0.05, 0.1) is 30.6 Å². The Bertz CT molecular complexity index is 1530. The Morgan fingerprint density at radius 3 is 2.42 bits per heavy atom. The fourth-order valence-electron chi connectivity index (χ4n) is 5.81. The third kappa shape index (κ3) is 8.19. The van der Waals surface area contributed by atoms with Gasteiger partial charge in [0.25, 0.3) is 12.3 Å². The molecule has 0 radical (unpaired) electrons. The van der Waals surface area contributed by atoms with Crippen LogP contribution in [0.3, 0.4) is 0 Å². The number of primary amides is 1. The highest BCUT2D eigenvalue weighted by Gasteiger charge is 2.41. The molecular formula is C29H31F7N6O3. The minimum Gasteiger partial charge on any atom is -0.472 e. The summed E-state index contributed by atoms with van der Waals surface area (Å²) in [6.45, 7) is -0.962. The van der Waals surface area contributed by atoms with Crippen LogP contribution >= 0.6 is 0 Å². The highest BCUT2D eigenvalue weighted by molar-refractivity contribution is 5.92. The number of imidazole rings is 1. The number of rotatable bonds is 12. The number of nitrogens with zero attached hydrogens (tertiary/aromatic N) is 4. The largest absolute Gasteiger partial charge is 0.472 e. The maximum Gasteiger partial charge on any atom is 0.389 e. The molecular weight excluding hydrogens is 613 g/mol. The van der Waals surface area contributed by atoms with Crippen molar-refractivity contribution in [2.24, 2.45) is 17.6 Å². The van der Waals surface area contributed by atoms with Crippen molar-refractivity contribution in [1.29, 1.82) is 0 Å². The number of pyridine rings is 1. The summed E-state index contributed by atoms with van der Waals surface area (Å²) in [4.78, 5) is 33.6. The number of halogens is 7. The van der Waals surface area contributed by atoms with Crippen molar-refractivity contribution in [2.75, 3.05) is 6.61 Å². The molecule has 244 valence electrons. The van der Waals surface area contributed by atoms with Crippen molar-refractivity contribution in [2.45, 2.75) is 81.9 Å². The third-order valence-electron chi connectivity index (χ3n) is 8.14. The maximum atomic E-state index is 14.1. The minimum atomic E-state index is -4.47. The van der Waals surface area contributed by atoms with E-state index < -0.39 is 80.5 Å². The van der Waals surface area contributed by atoms with Crippen LogP contribution in [0.2, 0.25) is 0 Å². The van der Waals surface area contributed by atoms with Crippen molar-refractivity contribution in [3.8, 4) is 5.88 Å². The predicted octanol–water partition coefficient (Wildman–Crippen LogP) is 5.73. The average Bonchev–Trinajstić information content (AvgIpc) is 3.72. The Balaban J connectivity index is 1.49. The highest BCUT2D eigenvalue weighted by Crippen LogP contribution is 2.46. The number of carbonyl (C=O) groups is 2. The fourth-order valence-corrected chi connectivity index (χ4v) is 5.81. The van der Waals surface area contributed by atoms with E-state index in [4.69, 9.17) is 15.5 Å². The normalized spacial score (nSPS) is 18.6. The zero-order valence-corrected chi connectivity index (χ0v) is 23.9. The van der Waals surface area contributed by atoms with Gasteiger partial charge >= 0.3 is 6.18 Å². The summed E-state index contributed by atoms with van der Waals surface area (Å²) in [6.07, 6.45) is -5.24. The molecule has 9 nitrogen and oxygen atoms in total. The van der Waals surface area contributed by atoms with Gasteiger partial charge in [-0.25, -0.2) is 32.0 Å². The Morgan fingerprint density at radius 1 is 1.09 bits per heavy atom. The van der Waals surface area contributed by atoms with Crippen molar-refractivity contribution >= 4 is 17.5 Å². The Hall–Kier alpha value is -3.98. The van der Waals surface area contributed by atoms with Gasteiger partial charge in [-0.2, -0.15) is 18.3 Å². The first-order valence-corrected chi connectivity index (χ1v) is 14.5. The molecule has 0 unspecified atom stereocenters. The molecule has 0 saturated heterocycles. The first kappa shape index (κ1) is 32.4. The van der Waals surface area contributed by atoms with Gasteiger partial charge in [-0.05, 0) is 54.7 Å². The molecule has 0 aromatic carbocycles. The van der Waals surface area contributed by atoms with Crippen LogP contribution in [0.4, 0.5) is 30.7 Å². The van der Waals surface area contributed by atoms with E-state index in [1.165, 1.54) is 22.8 Å². The van der Waals surface area contributed by atoms with Gasteiger partial charge in [-0.15, -0.1) is 0 Å². The van der Waals surface area contributed by atoms with Crippen LogP contribution in [0.25, 0.3) is 5.65 Å². The molecule has 3 N–H and O–H groups in total. The number of nitrogens with one attached hydrogen (secondary N) is 1. The standard InChI is InChI=1S/C29H31F7N6O3/c30-20(31)14-45-23-4-3-18(26(41-23)27(37)44)24(15-5-8-28(32,33)9-6-15)19-13-42-21(39-19)11-17(12-38-42)25(16-1-2-16)40-22(43)7-10-29(34,35)36/h3-4,11-13,15-16,20,24-25H,1-2,5-10,14H2,(H2,37,44)(H,40,43)/t24-,25+/m0/s1. The topological polar surface area (TPSA) is 125 Å². The van der Waals surface area contributed by atoms with E-state index >= 15 is 0 Å². The molecule has 16 heteroatoms. The number of nitrogens with two attached hydrogens (primary N) is 1. The zero-order valence-electron chi connectivity index (χ0n) is 23.9. The number of hydrogen-bond acceptors (Lipinski definition) is 6. The lowest BCUT2D eigenvalue weighted by molar-refractivity contribution is -0.144. The van der Waals surface area contributed by atoms with Crippen LogP contribution in [0.1, 0.15) is 90.6 Å². The Labute approximate surface area is 252 Å². The van der Waals surface area contributed by atoms with E-state index in [0.717, 1.165) is 12.8 Å². The summed E-state index contributed by atoms with van der Waals surface area (Å²) < 4.78 is 97.9. The second kappa shape index (κ2) is 12.8. The Kier molecular flexibility index (Phi) is 9.21. The maximum absolute atomic E-state index is 14.1. The molecule has 2 atom stereocenters. The molecule has 2 saturated carbocycles. The molecule has 5 rings (SSSR count). The summed E-state index contributed by atoms with van der Waals surface area (Å²) in [7, 11) is 0. The molecule has 2 aliphatic rings. The predicted molar refractivity (Wildman–Crippen MR) is 145 cm³/mol. The van der Waals surface area contributed by atoms with E-state index in [1.807, 2.05) is 0 Å². The summed E-state index contributed by atoms with van der Waals surface area (Å²) in [6, 6.07) is 3.80. The number of ether oxygens (including phenoxy) is 1. The summed E-state index contributed by atoms with van der Waals surface area (Å²) in [5.74, 6) is -5.99. The zero-order chi connectivity index (χ0) is 32.5. The number of hydrogen-bond donors (Lipinski definition) is 2. The van der Waals surface area contributed by atoms with Gasteiger partial charge in [0.15, 0.2) is 12.3 Å². The lowest BCUT2D eigenvalue weighted by atomic mass is 9.74. The van der Waals surface area contributed by atoms with Gasteiger partial charge in [-0.1, -0.05) is 6.07 Å². The molecule has 2 aliphatic carbocycles. The number of carbonyl (C=O) groups excluding carboxylic acids is 2. The van der Waals surface area contributed by atoms with Crippen LogP contribution in [-0.4, -0.2) is 56.5 Å². The number of aromatic nitrogens is 4. The smallest absolute Gasteiger partial charge is 0.389 e. The van der Waals surface area contributed by atoms with E-state index in [1.54, 1.807) is 12.3 Å². The van der Waals surface area contributed by atoms with Crippen molar-refractivity contribution < 1.29 is 45.1 Å². The molecule has 2 fully saturated rings. The molecule has 0 bridgehead atoms. The van der Waals surface area contributed by atoms with Crippen molar-refractivity contribution in [3.05, 3.63) is 53.1 Å². The Morgan fingerprint density at radius 2 is 1.80 bits per heavy atom. The van der Waals surface area contributed by atoms with Gasteiger partial charge in [0, 0.05) is 31.2 Å². The van der Waals surface area contributed by atoms with Gasteiger partial charge in [0.1, 0.15) is 5.69 Å². The molecule has 3 heterocycles. The van der Waals surface area contributed by atoms with E-state index in [2.05, 4.69) is 15.4 Å². The monoisotopic (exact) mass is 644 g/mol. The van der Waals surface area contributed by atoms with Crippen LogP contribution in [0.5, 0.6) is 5.88 Å². The van der Waals surface area contributed by atoms with Crippen molar-refractivity contribution in [3.63, 3.8) is 0 Å².